The number of anilines is 1. The van der Waals surface area contributed by atoms with Crippen LogP contribution in [0.1, 0.15) is 43.7 Å². The maximum atomic E-state index is 10.8. The van der Waals surface area contributed by atoms with Crippen molar-refractivity contribution in [2.75, 3.05) is 31.1 Å². The highest BCUT2D eigenvalue weighted by Gasteiger charge is 2.23. The molecular weight excluding hydrogens is 268 g/mol. The van der Waals surface area contributed by atoms with Crippen LogP contribution >= 0.6 is 0 Å². The van der Waals surface area contributed by atoms with Gasteiger partial charge in [-0.1, -0.05) is 0 Å². The van der Waals surface area contributed by atoms with Gasteiger partial charge in [-0.05, 0) is 32.1 Å². The van der Waals surface area contributed by atoms with Crippen molar-refractivity contribution in [1.29, 1.82) is 0 Å². The van der Waals surface area contributed by atoms with Crippen molar-refractivity contribution in [3.8, 4) is 5.88 Å². The van der Waals surface area contributed by atoms with Crippen molar-refractivity contribution >= 4 is 12.4 Å². The molecule has 0 spiro atoms. The molecule has 2 saturated heterocycles. The summed E-state index contributed by atoms with van der Waals surface area (Å²) in [7, 11) is 0. The predicted molar refractivity (Wildman–Crippen MR) is 79.4 cm³/mol. The van der Waals surface area contributed by atoms with Gasteiger partial charge < -0.3 is 14.9 Å². The van der Waals surface area contributed by atoms with Crippen molar-refractivity contribution in [2.45, 2.75) is 38.0 Å². The second kappa shape index (κ2) is 6.28. The minimum Gasteiger partial charge on any atom is -0.493 e. The van der Waals surface area contributed by atoms with Crippen LogP contribution in [0.3, 0.4) is 0 Å². The molecule has 0 unspecified atom stereocenters. The molecular formula is C15H22N4O2. The summed E-state index contributed by atoms with van der Waals surface area (Å²) < 4.78 is 0. The zero-order valence-electron chi connectivity index (χ0n) is 12.2. The van der Waals surface area contributed by atoms with Crippen LogP contribution in [-0.4, -0.2) is 52.6 Å². The quantitative estimate of drug-likeness (QED) is 0.855. The molecule has 1 amide bonds. The average Bonchev–Trinajstić information content (AvgIpc) is 2.55. The highest BCUT2D eigenvalue weighted by atomic mass is 16.3. The fourth-order valence-electron chi connectivity index (χ4n) is 3.18. The third-order valence-corrected chi connectivity index (χ3v) is 4.46. The van der Waals surface area contributed by atoms with Gasteiger partial charge in [0.1, 0.15) is 0 Å². The second-order valence-electron chi connectivity index (χ2n) is 5.91. The average molecular weight is 290 g/mol. The standard InChI is InChI=1S/C15H22N4O2/c20-11-18-8-4-12(5-9-18)13-10-14(21)17-15(16-13)19-6-2-1-3-7-19/h10-12H,1-9H2,(H,16,17,21). The summed E-state index contributed by atoms with van der Waals surface area (Å²) >= 11 is 0. The van der Waals surface area contributed by atoms with Crippen molar-refractivity contribution < 1.29 is 9.90 Å². The van der Waals surface area contributed by atoms with Crippen LogP contribution in [0, 0.1) is 0 Å². The van der Waals surface area contributed by atoms with E-state index in [4.69, 9.17) is 0 Å². The highest BCUT2D eigenvalue weighted by molar-refractivity contribution is 5.47. The van der Waals surface area contributed by atoms with Crippen LogP contribution < -0.4 is 4.90 Å². The van der Waals surface area contributed by atoms with Gasteiger partial charge in [0.25, 0.3) is 0 Å². The largest absolute Gasteiger partial charge is 0.493 e. The minimum absolute atomic E-state index is 0.0541. The molecule has 0 radical (unpaired) electrons. The molecule has 1 aromatic heterocycles. The summed E-state index contributed by atoms with van der Waals surface area (Å²) in [6.45, 7) is 3.45. The SMILES string of the molecule is O=CN1CCC(c2cc(O)nc(N3CCCCC3)n2)CC1. The Morgan fingerprint density at radius 3 is 2.48 bits per heavy atom. The van der Waals surface area contributed by atoms with E-state index >= 15 is 0 Å². The smallest absolute Gasteiger partial charge is 0.228 e. The summed E-state index contributed by atoms with van der Waals surface area (Å²) in [6.07, 6.45) is 6.28. The lowest BCUT2D eigenvalue weighted by Crippen LogP contribution is -2.33. The number of likely N-dealkylation sites (tertiary alicyclic amines) is 1. The number of hydrogen-bond acceptors (Lipinski definition) is 5. The lowest BCUT2D eigenvalue weighted by molar-refractivity contribution is -0.119. The molecule has 6 heteroatoms. The number of piperidine rings is 2. The topological polar surface area (TPSA) is 69.6 Å². The zero-order valence-corrected chi connectivity index (χ0v) is 12.2. The van der Waals surface area contributed by atoms with Gasteiger partial charge in [-0.25, -0.2) is 4.98 Å². The molecule has 0 atom stereocenters. The van der Waals surface area contributed by atoms with Crippen LogP contribution in [0.15, 0.2) is 6.07 Å². The van der Waals surface area contributed by atoms with Gasteiger partial charge in [0.2, 0.25) is 18.2 Å². The molecule has 2 aliphatic rings. The first-order valence-corrected chi connectivity index (χ1v) is 7.78. The van der Waals surface area contributed by atoms with Gasteiger partial charge in [0.15, 0.2) is 0 Å². The number of amides is 1. The van der Waals surface area contributed by atoms with E-state index in [1.807, 2.05) is 0 Å². The van der Waals surface area contributed by atoms with Crippen LogP contribution in [0.2, 0.25) is 0 Å². The third-order valence-electron chi connectivity index (χ3n) is 4.46. The van der Waals surface area contributed by atoms with E-state index in [1.54, 1.807) is 11.0 Å². The van der Waals surface area contributed by atoms with E-state index < -0.39 is 0 Å². The maximum Gasteiger partial charge on any atom is 0.228 e. The Hall–Kier alpha value is -1.85. The number of carbonyl (C=O) groups excluding carboxylic acids is 1. The van der Waals surface area contributed by atoms with E-state index in [0.29, 0.717) is 11.9 Å². The normalized spacial score (nSPS) is 20.6. The molecule has 21 heavy (non-hydrogen) atoms. The molecule has 2 aliphatic heterocycles. The Labute approximate surface area is 124 Å². The Balaban J connectivity index is 1.76. The van der Waals surface area contributed by atoms with Gasteiger partial charge >= 0.3 is 0 Å². The first-order chi connectivity index (χ1) is 10.3. The number of rotatable bonds is 3. The summed E-state index contributed by atoms with van der Waals surface area (Å²) in [6, 6.07) is 1.68. The van der Waals surface area contributed by atoms with Crippen molar-refractivity contribution in [3.05, 3.63) is 11.8 Å². The Bertz CT molecular complexity index is 494. The fraction of sp³-hybridized carbons (Fsp3) is 0.667. The van der Waals surface area contributed by atoms with E-state index in [9.17, 15) is 9.90 Å². The fourth-order valence-corrected chi connectivity index (χ4v) is 3.18. The van der Waals surface area contributed by atoms with Crippen molar-refractivity contribution in [1.82, 2.24) is 14.9 Å². The number of hydrogen-bond donors (Lipinski definition) is 1. The molecule has 0 aliphatic carbocycles. The first kappa shape index (κ1) is 14.1. The van der Waals surface area contributed by atoms with Gasteiger partial charge in [-0.3, -0.25) is 4.79 Å². The van der Waals surface area contributed by atoms with Crippen LogP contribution in [0.25, 0.3) is 0 Å². The van der Waals surface area contributed by atoms with E-state index in [1.165, 1.54) is 6.42 Å². The van der Waals surface area contributed by atoms with Gasteiger partial charge in [-0.2, -0.15) is 4.98 Å². The molecule has 0 bridgehead atoms. The maximum absolute atomic E-state index is 10.8. The second-order valence-corrected chi connectivity index (χ2v) is 5.91. The van der Waals surface area contributed by atoms with E-state index in [0.717, 1.165) is 64.0 Å². The van der Waals surface area contributed by atoms with Crippen molar-refractivity contribution in [3.63, 3.8) is 0 Å². The molecule has 3 rings (SSSR count). The number of aromatic nitrogens is 2. The Kier molecular flexibility index (Phi) is 4.22. The van der Waals surface area contributed by atoms with Crippen molar-refractivity contribution in [2.24, 2.45) is 0 Å². The summed E-state index contributed by atoms with van der Waals surface area (Å²) in [5.41, 5.74) is 0.911. The molecule has 114 valence electrons. The molecule has 2 fully saturated rings. The molecule has 6 nitrogen and oxygen atoms in total. The summed E-state index contributed by atoms with van der Waals surface area (Å²) in [5, 5.41) is 9.91. The third kappa shape index (κ3) is 3.25. The molecule has 3 heterocycles. The number of nitrogens with zero attached hydrogens (tertiary/aromatic N) is 4. The first-order valence-electron chi connectivity index (χ1n) is 7.78. The predicted octanol–water partition coefficient (Wildman–Crippen LogP) is 1.51. The molecule has 0 aromatic carbocycles. The van der Waals surface area contributed by atoms with Gasteiger partial charge in [0, 0.05) is 38.2 Å². The minimum atomic E-state index is 0.0541. The van der Waals surface area contributed by atoms with E-state index in [2.05, 4.69) is 14.9 Å². The monoisotopic (exact) mass is 290 g/mol. The molecule has 0 saturated carbocycles. The lowest BCUT2D eigenvalue weighted by atomic mass is 9.93. The zero-order chi connectivity index (χ0) is 14.7. The summed E-state index contributed by atoms with van der Waals surface area (Å²) in [4.78, 5) is 23.6. The summed E-state index contributed by atoms with van der Waals surface area (Å²) in [5.74, 6) is 1.01. The Morgan fingerprint density at radius 1 is 1.10 bits per heavy atom. The molecule has 1 aromatic rings. The highest BCUT2D eigenvalue weighted by Crippen LogP contribution is 2.29. The molecule has 1 N–H and O–H groups in total. The number of aromatic hydroxyl groups is 1. The van der Waals surface area contributed by atoms with Gasteiger partial charge in [-0.15, -0.1) is 0 Å². The van der Waals surface area contributed by atoms with Gasteiger partial charge in [0.05, 0.1) is 5.69 Å². The van der Waals surface area contributed by atoms with Crippen LogP contribution in [-0.2, 0) is 4.79 Å². The van der Waals surface area contributed by atoms with Crippen LogP contribution in [0.5, 0.6) is 5.88 Å². The number of carbonyl (C=O) groups is 1. The van der Waals surface area contributed by atoms with E-state index in [-0.39, 0.29) is 5.88 Å². The lowest BCUT2D eigenvalue weighted by Gasteiger charge is -2.30. The van der Waals surface area contributed by atoms with Crippen LogP contribution in [0.4, 0.5) is 5.95 Å². The Morgan fingerprint density at radius 2 is 1.81 bits per heavy atom.